The van der Waals surface area contributed by atoms with E-state index in [1.165, 1.54) is 12.6 Å². The Kier molecular flexibility index (Phi) is 6.34. The Morgan fingerprint density at radius 3 is 2.39 bits per heavy atom. The second-order valence-corrected chi connectivity index (χ2v) is 9.94. The Bertz CT molecular complexity index is 1120. The largest absolute Gasteiger partial charge is 0.355 e. The maximum Gasteiger partial charge on any atom is 0.240 e. The molecule has 1 aromatic heterocycles. The average molecular weight is 437 g/mol. The number of anilines is 1. The van der Waals surface area contributed by atoms with Crippen molar-refractivity contribution in [3.8, 4) is 11.3 Å². The van der Waals surface area contributed by atoms with Gasteiger partial charge in [-0.1, -0.05) is 42.5 Å². The molecule has 2 heterocycles. The third-order valence-electron chi connectivity index (χ3n) is 6.00. The Labute approximate surface area is 184 Å². The van der Waals surface area contributed by atoms with E-state index in [4.69, 9.17) is 0 Å². The van der Waals surface area contributed by atoms with Crippen molar-refractivity contribution < 1.29 is 8.42 Å². The van der Waals surface area contributed by atoms with Crippen LogP contribution in [-0.2, 0) is 16.4 Å². The van der Waals surface area contributed by atoms with E-state index in [0.29, 0.717) is 17.2 Å². The van der Waals surface area contributed by atoms with Gasteiger partial charge in [-0.05, 0) is 68.5 Å². The maximum atomic E-state index is 12.3. The third-order valence-corrected chi connectivity index (χ3v) is 7.55. The minimum atomic E-state index is -3.52. The van der Waals surface area contributed by atoms with Gasteiger partial charge in [-0.3, -0.25) is 0 Å². The van der Waals surface area contributed by atoms with Crippen molar-refractivity contribution in [2.75, 3.05) is 25.0 Å². The van der Waals surface area contributed by atoms with Crippen LogP contribution in [0.5, 0.6) is 0 Å². The smallest absolute Gasteiger partial charge is 0.240 e. The van der Waals surface area contributed by atoms with Gasteiger partial charge in [-0.2, -0.15) is 0 Å². The molecule has 0 aliphatic carbocycles. The Balaban J connectivity index is 1.43. The van der Waals surface area contributed by atoms with Crippen molar-refractivity contribution in [3.63, 3.8) is 0 Å². The van der Waals surface area contributed by atoms with Gasteiger partial charge in [0.25, 0.3) is 0 Å². The molecule has 4 rings (SSSR count). The number of benzene rings is 2. The minimum Gasteiger partial charge on any atom is -0.355 e. The van der Waals surface area contributed by atoms with Gasteiger partial charge in [0.05, 0.1) is 10.6 Å². The van der Waals surface area contributed by atoms with Gasteiger partial charge in [0, 0.05) is 18.7 Å². The summed E-state index contributed by atoms with van der Waals surface area (Å²) in [4.78, 5) is 2.54. The highest BCUT2D eigenvalue weighted by molar-refractivity contribution is 7.89. The molecule has 0 amide bonds. The zero-order valence-electron chi connectivity index (χ0n) is 18.0. The summed E-state index contributed by atoms with van der Waals surface area (Å²) in [6.07, 6.45) is 3.41. The number of hydrogen-bond donors (Lipinski definition) is 1. The van der Waals surface area contributed by atoms with Crippen LogP contribution in [0.15, 0.2) is 65.6 Å². The number of sulfonamides is 1. The quantitative estimate of drug-likeness (QED) is 0.636. The molecule has 0 saturated carbocycles. The predicted octanol–water partition coefficient (Wildman–Crippen LogP) is 3.82. The summed E-state index contributed by atoms with van der Waals surface area (Å²) in [5.74, 6) is 1.57. The zero-order valence-corrected chi connectivity index (χ0v) is 18.8. The molecule has 1 aliphatic heterocycles. The summed E-state index contributed by atoms with van der Waals surface area (Å²) >= 11 is 0. The van der Waals surface area contributed by atoms with E-state index in [1.54, 1.807) is 19.1 Å². The number of hydrogen-bond acceptors (Lipinski definition) is 5. The molecule has 1 fully saturated rings. The van der Waals surface area contributed by atoms with Gasteiger partial charge in [0.2, 0.25) is 10.0 Å². The van der Waals surface area contributed by atoms with Crippen LogP contribution in [0.1, 0.15) is 24.0 Å². The first-order valence-electron chi connectivity index (χ1n) is 10.6. The summed E-state index contributed by atoms with van der Waals surface area (Å²) < 4.78 is 26.9. The average Bonchev–Trinajstić information content (AvgIpc) is 2.81. The second kappa shape index (κ2) is 9.16. The number of nitrogens with one attached hydrogen (secondary N) is 1. The first kappa shape index (κ1) is 21.5. The molecule has 3 aromatic rings. The van der Waals surface area contributed by atoms with E-state index in [9.17, 15) is 8.42 Å². The Morgan fingerprint density at radius 2 is 1.74 bits per heavy atom. The predicted molar refractivity (Wildman–Crippen MR) is 124 cm³/mol. The highest BCUT2D eigenvalue weighted by Gasteiger charge is 2.21. The SMILES string of the molecule is CNS(=O)(=O)c1cc(-c2ccc(N3CCC(Cc4ccccc4)CC3)nn2)ccc1C. The molecule has 0 radical (unpaired) electrons. The van der Waals surface area contributed by atoms with Gasteiger partial charge in [-0.15, -0.1) is 10.2 Å². The van der Waals surface area contributed by atoms with E-state index < -0.39 is 10.0 Å². The Morgan fingerprint density at radius 1 is 1.00 bits per heavy atom. The van der Waals surface area contributed by atoms with Crippen molar-refractivity contribution in [1.82, 2.24) is 14.9 Å². The highest BCUT2D eigenvalue weighted by Crippen LogP contribution is 2.27. The fourth-order valence-corrected chi connectivity index (χ4v) is 5.11. The fourth-order valence-electron chi connectivity index (χ4n) is 4.12. The molecule has 31 heavy (non-hydrogen) atoms. The number of aromatic nitrogens is 2. The fraction of sp³-hybridized carbons (Fsp3) is 0.333. The number of piperidine rings is 1. The summed E-state index contributed by atoms with van der Waals surface area (Å²) in [5, 5.41) is 8.82. The maximum absolute atomic E-state index is 12.3. The molecule has 1 saturated heterocycles. The molecule has 7 heteroatoms. The van der Waals surface area contributed by atoms with Gasteiger partial charge in [0.1, 0.15) is 0 Å². The second-order valence-electron chi connectivity index (χ2n) is 8.08. The summed E-state index contributed by atoms with van der Waals surface area (Å²) in [7, 11) is -2.10. The van der Waals surface area contributed by atoms with Crippen LogP contribution >= 0.6 is 0 Å². The van der Waals surface area contributed by atoms with Gasteiger partial charge < -0.3 is 4.90 Å². The molecule has 162 valence electrons. The topological polar surface area (TPSA) is 75.2 Å². The van der Waals surface area contributed by atoms with E-state index in [-0.39, 0.29) is 4.90 Å². The van der Waals surface area contributed by atoms with Crippen molar-refractivity contribution in [1.29, 1.82) is 0 Å². The monoisotopic (exact) mass is 436 g/mol. The lowest BCUT2D eigenvalue weighted by atomic mass is 9.90. The van der Waals surface area contributed by atoms with Crippen LogP contribution in [0.2, 0.25) is 0 Å². The van der Waals surface area contributed by atoms with Gasteiger partial charge in [-0.25, -0.2) is 13.1 Å². The van der Waals surface area contributed by atoms with E-state index in [0.717, 1.165) is 43.7 Å². The van der Waals surface area contributed by atoms with Crippen LogP contribution in [0.25, 0.3) is 11.3 Å². The zero-order chi connectivity index (χ0) is 21.8. The van der Waals surface area contributed by atoms with E-state index in [1.807, 2.05) is 18.2 Å². The number of aryl methyl sites for hydroxylation is 1. The molecule has 1 aliphatic rings. The molecule has 0 bridgehead atoms. The van der Waals surface area contributed by atoms with Crippen LogP contribution < -0.4 is 9.62 Å². The normalized spacial score (nSPS) is 15.2. The molecule has 0 unspecified atom stereocenters. The highest BCUT2D eigenvalue weighted by atomic mass is 32.2. The summed E-state index contributed by atoms with van der Waals surface area (Å²) in [6, 6.07) is 19.9. The molecular formula is C24H28N4O2S. The summed E-state index contributed by atoms with van der Waals surface area (Å²) in [6.45, 7) is 3.73. The van der Waals surface area contributed by atoms with Crippen LogP contribution in [0, 0.1) is 12.8 Å². The van der Waals surface area contributed by atoms with Crippen molar-refractivity contribution in [2.24, 2.45) is 5.92 Å². The van der Waals surface area contributed by atoms with Crippen LogP contribution in [0.4, 0.5) is 5.82 Å². The molecular weight excluding hydrogens is 408 g/mol. The lowest BCUT2D eigenvalue weighted by molar-refractivity contribution is 0.402. The number of nitrogens with zero attached hydrogens (tertiary/aromatic N) is 3. The first-order chi connectivity index (χ1) is 15.0. The summed E-state index contributed by atoms with van der Waals surface area (Å²) in [5.41, 5.74) is 3.50. The van der Waals surface area contributed by atoms with Crippen molar-refractivity contribution >= 4 is 15.8 Å². The Hall–Kier alpha value is -2.77. The molecule has 1 N–H and O–H groups in total. The van der Waals surface area contributed by atoms with Crippen LogP contribution in [0.3, 0.4) is 0 Å². The molecule has 6 nitrogen and oxygen atoms in total. The lowest BCUT2D eigenvalue weighted by Crippen LogP contribution is -2.35. The third kappa shape index (κ3) is 4.94. The van der Waals surface area contributed by atoms with Crippen LogP contribution in [-0.4, -0.2) is 38.8 Å². The van der Waals surface area contributed by atoms with Crippen molar-refractivity contribution in [3.05, 3.63) is 71.8 Å². The van der Waals surface area contributed by atoms with Crippen molar-refractivity contribution in [2.45, 2.75) is 31.1 Å². The molecule has 2 aromatic carbocycles. The van der Waals surface area contributed by atoms with E-state index >= 15 is 0 Å². The molecule has 0 atom stereocenters. The first-order valence-corrected chi connectivity index (χ1v) is 12.1. The molecule has 0 spiro atoms. The minimum absolute atomic E-state index is 0.263. The standard InChI is InChI=1S/C24H28N4O2S/c1-18-8-9-21(17-23(18)31(29,30)25-2)22-10-11-24(27-26-22)28-14-12-20(13-15-28)16-19-6-4-3-5-7-19/h3-11,17,20,25H,12-16H2,1-2H3. The lowest BCUT2D eigenvalue weighted by Gasteiger charge is -2.32. The van der Waals surface area contributed by atoms with E-state index in [2.05, 4.69) is 50.2 Å². The van der Waals surface area contributed by atoms with Gasteiger partial charge >= 0.3 is 0 Å². The number of rotatable bonds is 6. The van der Waals surface area contributed by atoms with Gasteiger partial charge in [0.15, 0.2) is 5.82 Å².